The smallest absolute Gasteiger partial charge is 0.308 e. The highest BCUT2D eigenvalue weighted by atomic mass is 16.5. The minimum absolute atomic E-state index is 0.130. The molecule has 3 heteroatoms. The number of ether oxygens (including phenoxy) is 1. The molecule has 0 amide bonds. The van der Waals surface area contributed by atoms with Crippen molar-refractivity contribution in [3.63, 3.8) is 0 Å². The molecule has 1 aliphatic heterocycles. The van der Waals surface area contributed by atoms with Crippen LogP contribution in [0.25, 0.3) is 10.8 Å². The van der Waals surface area contributed by atoms with Gasteiger partial charge in [-0.2, -0.15) is 0 Å². The standard InChI is InChI=1S/C17H18O3/c18-14-10-15(20-17(19)11-14)9-8-13-6-3-5-12-4-1-2-7-16(12)13/h1-7,14-15,18H,8-11H2. The molecule has 3 rings (SSSR count). The van der Waals surface area contributed by atoms with Crippen LogP contribution >= 0.6 is 0 Å². The van der Waals surface area contributed by atoms with E-state index >= 15 is 0 Å². The van der Waals surface area contributed by atoms with Crippen molar-refractivity contribution in [3.8, 4) is 0 Å². The van der Waals surface area contributed by atoms with Gasteiger partial charge in [0.25, 0.3) is 0 Å². The fraction of sp³-hybridized carbons (Fsp3) is 0.353. The lowest BCUT2D eigenvalue weighted by Gasteiger charge is -2.26. The molecule has 1 saturated heterocycles. The Morgan fingerprint density at radius 2 is 1.95 bits per heavy atom. The number of cyclic esters (lactones) is 1. The van der Waals surface area contributed by atoms with Crippen molar-refractivity contribution < 1.29 is 14.6 Å². The second kappa shape index (κ2) is 5.63. The van der Waals surface area contributed by atoms with Crippen molar-refractivity contribution in [1.29, 1.82) is 0 Å². The van der Waals surface area contributed by atoms with Crippen LogP contribution in [0.3, 0.4) is 0 Å². The Morgan fingerprint density at radius 3 is 2.80 bits per heavy atom. The average molecular weight is 270 g/mol. The predicted octanol–water partition coefficient (Wildman–Crippen LogP) is 2.84. The third-order valence-corrected chi connectivity index (χ3v) is 3.85. The van der Waals surface area contributed by atoms with Crippen LogP contribution in [0.15, 0.2) is 42.5 Å². The van der Waals surface area contributed by atoms with Crippen molar-refractivity contribution in [2.45, 2.75) is 37.9 Å². The minimum atomic E-state index is -0.547. The second-order valence-electron chi connectivity index (χ2n) is 5.38. The molecule has 0 spiro atoms. The van der Waals surface area contributed by atoms with Crippen LogP contribution in [0.1, 0.15) is 24.8 Å². The fourth-order valence-corrected chi connectivity index (χ4v) is 2.87. The number of carbonyl (C=O) groups is 1. The van der Waals surface area contributed by atoms with E-state index in [1.54, 1.807) is 0 Å². The van der Waals surface area contributed by atoms with Gasteiger partial charge in [-0.3, -0.25) is 4.79 Å². The number of rotatable bonds is 3. The van der Waals surface area contributed by atoms with Crippen LogP contribution in [0, 0.1) is 0 Å². The molecule has 1 fully saturated rings. The minimum Gasteiger partial charge on any atom is -0.462 e. The molecule has 2 aromatic rings. The van der Waals surface area contributed by atoms with Gasteiger partial charge < -0.3 is 9.84 Å². The summed E-state index contributed by atoms with van der Waals surface area (Å²) in [4.78, 5) is 11.3. The molecule has 2 atom stereocenters. The number of esters is 1. The summed E-state index contributed by atoms with van der Waals surface area (Å²) in [7, 11) is 0. The molecule has 3 nitrogen and oxygen atoms in total. The summed E-state index contributed by atoms with van der Waals surface area (Å²) < 4.78 is 5.29. The molecule has 0 bridgehead atoms. The number of benzene rings is 2. The number of aryl methyl sites for hydroxylation is 1. The summed E-state index contributed by atoms with van der Waals surface area (Å²) in [5, 5.41) is 12.1. The zero-order valence-corrected chi connectivity index (χ0v) is 11.3. The Morgan fingerprint density at radius 1 is 1.15 bits per heavy atom. The zero-order valence-electron chi connectivity index (χ0n) is 11.3. The van der Waals surface area contributed by atoms with Crippen molar-refractivity contribution in [3.05, 3.63) is 48.0 Å². The van der Waals surface area contributed by atoms with Gasteiger partial charge in [0.1, 0.15) is 6.10 Å². The molecule has 1 heterocycles. The van der Waals surface area contributed by atoms with Crippen LogP contribution in [-0.4, -0.2) is 23.3 Å². The van der Waals surface area contributed by atoms with Gasteiger partial charge >= 0.3 is 5.97 Å². The molecule has 2 unspecified atom stereocenters. The summed E-state index contributed by atoms with van der Waals surface area (Å²) in [6.45, 7) is 0. The van der Waals surface area contributed by atoms with Crippen LogP contribution in [0.2, 0.25) is 0 Å². The predicted molar refractivity (Wildman–Crippen MR) is 77.4 cm³/mol. The molecule has 0 aromatic heterocycles. The molecule has 1 aliphatic rings. The lowest BCUT2D eigenvalue weighted by molar-refractivity contribution is -0.160. The van der Waals surface area contributed by atoms with E-state index in [0.717, 1.165) is 12.8 Å². The average Bonchev–Trinajstić information content (AvgIpc) is 2.44. The number of aliphatic hydroxyl groups excluding tert-OH is 1. The summed E-state index contributed by atoms with van der Waals surface area (Å²) in [6, 6.07) is 14.6. The van der Waals surface area contributed by atoms with E-state index < -0.39 is 6.10 Å². The maximum absolute atomic E-state index is 11.3. The molecular formula is C17H18O3. The van der Waals surface area contributed by atoms with Crippen LogP contribution in [0.4, 0.5) is 0 Å². The van der Waals surface area contributed by atoms with Gasteiger partial charge in [-0.15, -0.1) is 0 Å². The van der Waals surface area contributed by atoms with Crippen molar-refractivity contribution in [2.24, 2.45) is 0 Å². The molecule has 0 saturated carbocycles. The van der Waals surface area contributed by atoms with E-state index in [9.17, 15) is 9.90 Å². The van der Waals surface area contributed by atoms with E-state index in [1.165, 1.54) is 16.3 Å². The maximum atomic E-state index is 11.3. The molecule has 0 radical (unpaired) electrons. The Hall–Kier alpha value is -1.87. The van der Waals surface area contributed by atoms with E-state index in [2.05, 4.69) is 30.3 Å². The molecule has 104 valence electrons. The number of hydrogen-bond donors (Lipinski definition) is 1. The lowest BCUT2D eigenvalue weighted by Crippen LogP contribution is -2.32. The van der Waals surface area contributed by atoms with Gasteiger partial charge in [-0.25, -0.2) is 0 Å². The topological polar surface area (TPSA) is 46.5 Å². The SMILES string of the molecule is O=C1CC(O)CC(CCc2cccc3ccccc23)O1. The first kappa shape index (κ1) is 13.1. The number of hydrogen-bond acceptors (Lipinski definition) is 3. The lowest BCUT2D eigenvalue weighted by atomic mass is 9.96. The second-order valence-corrected chi connectivity index (χ2v) is 5.38. The third kappa shape index (κ3) is 2.83. The van der Waals surface area contributed by atoms with Crippen molar-refractivity contribution in [1.82, 2.24) is 0 Å². The van der Waals surface area contributed by atoms with Crippen molar-refractivity contribution >= 4 is 16.7 Å². The van der Waals surface area contributed by atoms with Crippen molar-refractivity contribution in [2.75, 3.05) is 0 Å². The van der Waals surface area contributed by atoms with Crippen LogP contribution in [-0.2, 0) is 16.0 Å². The summed E-state index contributed by atoms with van der Waals surface area (Å²) in [5.41, 5.74) is 1.26. The molecular weight excluding hydrogens is 252 g/mol. The Balaban J connectivity index is 1.72. The normalized spacial score (nSPS) is 22.8. The first-order valence-corrected chi connectivity index (χ1v) is 7.06. The summed E-state index contributed by atoms with van der Waals surface area (Å²) >= 11 is 0. The third-order valence-electron chi connectivity index (χ3n) is 3.85. The van der Waals surface area contributed by atoms with Gasteiger partial charge in [0.15, 0.2) is 0 Å². The van der Waals surface area contributed by atoms with Gasteiger partial charge in [0.2, 0.25) is 0 Å². The first-order valence-electron chi connectivity index (χ1n) is 7.06. The number of carbonyl (C=O) groups excluding carboxylic acids is 1. The highest BCUT2D eigenvalue weighted by Crippen LogP contribution is 2.23. The zero-order chi connectivity index (χ0) is 13.9. The monoisotopic (exact) mass is 270 g/mol. The Kier molecular flexibility index (Phi) is 3.70. The van der Waals surface area contributed by atoms with E-state index in [4.69, 9.17) is 4.74 Å². The summed E-state index contributed by atoms with van der Waals surface area (Å²) in [5.74, 6) is -0.285. The number of aliphatic hydroxyl groups is 1. The maximum Gasteiger partial charge on any atom is 0.308 e. The first-order chi connectivity index (χ1) is 9.72. The molecule has 0 aliphatic carbocycles. The molecule has 2 aromatic carbocycles. The van der Waals surface area contributed by atoms with E-state index in [0.29, 0.717) is 6.42 Å². The van der Waals surface area contributed by atoms with E-state index in [1.807, 2.05) is 12.1 Å². The van der Waals surface area contributed by atoms with Gasteiger partial charge in [-0.05, 0) is 29.2 Å². The quantitative estimate of drug-likeness (QED) is 0.872. The largest absolute Gasteiger partial charge is 0.462 e. The number of fused-ring (bicyclic) bond motifs is 1. The Bertz CT molecular complexity index is 615. The van der Waals surface area contributed by atoms with Gasteiger partial charge in [0.05, 0.1) is 12.5 Å². The highest BCUT2D eigenvalue weighted by Gasteiger charge is 2.26. The Labute approximate surface area is 118 Å². The highest BCUT2D eigenvalue weighted by molar-refractivity contribution is 5.85. The van der Waals surface area contributed by atoms with Gasteiger partial charge in [-0.1, -0.05) is 42.5 Å². The van der Waals surface area contributed by atoms with Gasteiger partial charge in [0, 0.05) is 6.42 Å². The molecule has 1 N–H and O–H groups in total. The van der Waals surface area contributed by atoms with E-state index in [-0.39, 0.29) is 18.5 Å². The van der Waals surface area contributed by atoms with Crippen LogP contribution in [0.5, 0.6) is 0 Å². The molecule has 20 heavy (non-hydrogen) atoms. The van der Waals surface area contributed by atoms with Crippen LogP contribution < -0.4 is 0 Å². The fourth-order valence-electron chi connectivity index (χ4n) is 2.87. The summed E-state index contributed by atoms with van der Waals surface area (Å²) in [6.07, 6.45) is 1.59.